The Hall–Kier alpha value is -0.0800. The average molecular weight is 214 g/mol. The monoisotopic (exact) mass is 214 g/mol. The minimum absolute atomic E-state index is 0.305. The molecule has 0 fully saturated rings. The van der Waals surface area contributed by atoms with Gasteiger partial charge in [-0.15, -0.1) is 0 Å². The van der Waals surface area contributed by atoms with Crippen LogP contribution in [0.4, 0.5) is 0 Å². The Balaban J connectivity index is 4.23. The van der Waals surface area contributed by atoms with Crippen molar-refractivity contribution in [2.45, 2.75) is 59.5 Å². The topological polar surface area (TPSA) is 15.3 Å². The molecule has 0 rings (SSSR count). The summed E-state index contributed by atoms with van der Waals surface area (Å²) in [6.45, 7) is 15.9. The van der Waals surface area contributed by atoms with Crippen molar-refractivity contribution in [3.8, 4) is 0 Å². The molecule has 15 heavy (non-hydrogen) atoms. The van der Waals surface area contributed by atoms with Gasteiger partial charge in [0.15, 0.2) is 0 Å². The molecule has 0 saturated carbocycles. The lowest BCUT2D eigenvalue weighted by molar-refractivity contribution is 0.0770. The van der Waals surface area contributed by atoms with E-state index in [9.17, 15) is 0 Å². The van der Waals surface area contributed by atoms with E-state index in [4.69, 9.17) is 0 Å². The molecule has 0 spiro atoms. The summed E-state index contributed by atoms with van der Waals surface area (Å²) in [6, 6.07) is 0.624. The molecule has 1 N–H and O–H groups in total. The van der Waals surface area contributed by atoms with E-state index in [1.807, 2.05) is 0 Å². The second-order valence-corrected chi connectivity index (χ2v) is 5.30. The molecule has 0 heterocycles. The Bertz CT molecular complexity index is 166. The van der Waals surface area contributed by atoms with Crippen molar-refractivity contribution in [1.29, 1.82) is 0 Å². The zero-order chi connectivity index (χ0) is 12.1. The van der Waals surface area contributed by atoms with Gasteiger partial charge in [-0.05, 0) is 53.2 Å². The lowest BCUT2D eigenvalue weighted by Gasteiger charge is -2.41. The van der Waals surface area contributed by atoms with Crippen molar-refractivity contribution in [1.82, 2.24) is 10.2 Å². The van der Waals surface area contributed by atoms with Gasteiger partial charge in [0, 0.05) is 11.6 Å². The van der Waals surface area contributed by atoms with Crippen LogP contribution in [0, 0.1) is 5.92 Å². The van der Waals surface area contributed by atoms with Gasteiger partial charge in [-0.2, -0.15) is 0 Å². The van der Waals surface area contributed by atoms with Crippen LogP contribution in [-0.4, -0.2) is 36.6 Å². The molecule has 2 atom stereocenters. The maximum Gasteiger partial charge on any atom is 0.0150 e. The highest BCUT2D eigenvalue weighted by Crippen LogP contribution is 2.22. The summed E-state index contributed by atoms with van der Waals surface area (Å²) >= 11 is 0. The van der Waals surface area contributed by atoms with E-state index in [1.54, 1.807) is 0 Å². The van der Waals surface area contributed by atoms with Crippen molar-refractivity contribution in [2.24, 2.45) is 5.92 Å². The van der Waals surface area contributed by atoms with E-state index in [0.29, 0.717) is 17.5 Å². The second-order valence-electron chi connectivity index (χ2n) is 5.30. The van der Waals surface area contributed by atoms with Gasteiger partial charge in [-0.1, -0.05) is 20.8 Å². The summed E-state index contributed by atoms with van der Waals surface area (Å²) in [6.07, 6.45) is 1.20. The molecule has 92 valence electrons. The molecule has 0 aromatic carbocycles. The Morgan fingerprint density at radius 3 is 2.13 bits per heavy atom. The van der Waals surface area contributed by atoms with Crippen molar-refractivity contribution in [2.75, 3.05) is 20.1 Å². The maximum atomic E-state index is 3.43. The number of nitrogens with one attached hydrogen (secondary N) is 1. The summed E-state index contributed by atoms with van der Waals surface area (Å²) in [7, 11) is 2.25. The maximum absolute atomic E-state index is 3.43. The Labute approximate surface area is 96.4 Å². The molecule has 0 aliphatic heterocycles. The SMILES string of the molecule is CCNCC(C)C(C)N(C)C(C)(C)CC. The van der Waals surface area contributed by atoms with E-state index in [2.05, 4.69) is 58.8 Å². The fraction of sp³-hybridized carbons (Fsp3) is 1.00. The predicted molar refractivity (Wildman–Crippen MR) is 69.3 cm³/mol. The molecule has 0 radical (unpaired) electrons. The average Bonchev–Trinajstić information content (AvgIpc) is 2.23. The van der Waals surface area contributed by atoms with Gasteiger partial charge in [-0.25, -0.2) is 0 Å². The summed E-state index contributed by atoms with van der Waals surface area (Å²) < 4.78 is 0. The highest BCUT2D eigenvalue weighted by Gasteiger charge is 2.27. The molecule has 0 aliphatic carbocycles. The fourth-order valence-electron chi connectivity index (χ4n) is 1.72. The molecule has 2 nitrogen and oxygen atoms in total. The Kier molecular flexibility index (Phi) is 6.46. The summed E-state index contributed by atoms with van der Waals surface area (Å²) in [4.78, 5) is 2.51. The molecule has 0 amide bonds. The number of hydrogen-bond acceptors (Lipinski definition) is 2. The van der Waals surface area contributed by atoms with Gasteiger partial charge in [0.25, 0.3) is 0 Å². The number of hydrogen-bond donors (Lipinski definition) is 1. The molecule has 2 unspecified atom stereocenters. The first-order valence-corrected chi connectivity index (χ1v) is 6.30. The van der Waals surface area contributed by atoms with Crippen LogP contribution in [0.5, 0.6) is 0 Å². The van der Waals surface area contributed by atoms with Crippen LogP contribution in [0.25, 0.3) is 0 Å². The first-order chi connectivity index (χ1) is 6.86. The van der Waals surface area contributed by atoms with Gasteiger partial charge < -0.3 is 5.32 Å². The van der Waals surface area contributed by atoms with Gasteiger partial charge in [0.05, 0.1) is 0 Å². The summed E-state index contributed by atoms with van der Waals surface area (Å²) in [5.74, 6) is 0.695. The van der Waals surface area contributed by atoms with Crippen LogP contribution >= 0.6 is 0 Å². The molecule has 0 saturated heterocycles. The van der Waals surface area contributed by atoms with E-state index in [-0.39, 0.29) is 0 Å². The smallest absolute Gasteiger partial charge is 0.0150 e. The highest BCUT2D eigenvalue weighted by molar-refractivity contribution is 4.83. The lowest BCUT2D eigenvalue weighted by atomic mass is 9.93. The number of rotatable bonds is 7. The Morgan fingerprint density at radius 2 is 1.73 bits per heavy atom. The summed E-state index contributed by atoms with van der Waals surface area (Å²) in [5.41, 5.74) is 0.305. The van der Waals surface area contributed by atoms with Gasteiger partial charge in [-0.3, -0.25) is 4.90 Å². The van der Waals surface area contributed by atoms with E-state index in [1.165, 1.54) is 6.42 Å². The fourth-order valence-corrected chi connectivity index (χ4v) is 1.72. The van der Waals surface area contributed by atoms with Crippen LogP contribution in [0.3, 0.4) is 0 Å². The van der Waals surface area contributed by atoms with Crippen LogP contribution in [-0.2, 0) is 0 Å². The lowest BCUT2D eigenvalue weighted by Crippen LogP contribution is -2.49. The van der Waals surface area contributed by atoms with Crippen molar-refractivity contribution < 1.29 is 0 Å². The predicted octanol–water partition coefficient (Wildman–Crippen LogP) is 2.74. The molecule has 2 heteroatoms. The minimum atomic E-state index is 0.305. The van der Waals surface area contributed by atoms with Crippen LogP contribution in [0.1, 0.15) is 48.0 Å². The third-order valence-corrected chi connectivity index (χ3v) is 3.97. The van der Waals surface area contributed by atoms with Crippen molar-refractivity contribution >= 4 is 0 Å². The zero-order valence-corrected chi connectivity index (χ0v) is 11.7. The van der Waals surface area contributed by atoms with E-state index in [0.717, 1.165) is 13.1 Å². The molecular formula is C13H30N2. The van der Waals surface area contributed by atoms with Crippen LogP contribution in [0.15, 0.2) is 0 Å². The molecule has 0 bridgehead atoms. The van der Waals surface area contributed by atoms with E-state index < -0.39 is 0 Å². The molecule has 0 aromatic heterocycles. The Morgan fingerprint density at radius 1 is 1.20 bits per heavy atom. The second kappa shape index (κ2) is 6.49. The van der Waals surface area contributed by atoms with Crippen LogP contribution < -0.4 is 5.32 Å². The first kappa shape index (κ1) is 14.9. The van der Waals surface area contributed by atoms with Gasteiger partial charge >= 0.3 is 0 Å². The highest BCUT2D eigenvalue weighted by atomic mass is 15.2. The molecule has 0 aliphatic rings. The standard InChI is InChI=1S/C13H30N2/c1-8-13(5,6)15(7)12(4)11(3)10-14-9-2/h11-12,14H,8-10H2,1-7H3. The van der Waals surface area contributed by atoms with Crippen molar-refractivity contribution in [3.05, 3.63) is 0 Å². The number of nitrogens with zero attached hydrogens (tertiary/aromatic N) is 1. The largest absolute Gasteiger partial charge is 0.317 e. The normalized spacial score (nSPS) is 16.8. The summed E-state index contributed by atoms with van der Waals surface area (Å²) in [5, 5.41) is 3.43. The first-order valence-electron chi connectivity index (χ1n) is 6.30. The van der Waals surface area contributed by atoms with Crippen molar-refractivity contribution in [3.63, 3.8) is 0 Å². The van der Waals surface area contributed by atoms with Crippen LogP contribution in [0.2, 0.25) is 0 Å². The van der Waals surface area contributed by atoms with Gasteiger partial charge in [0.2, 0.25) is 0 Å². The molecular weight excluding hydrogens is 184 g/mol. The van der Waals surface area contributed by atoms with Gasteiger partial charge in [0.1, 0.15) is 0 Å². The third kappa shape index (κ3) is 4.52. The third-order valence-electron chi connectivity index (χ3n) is 3.97. The quantitative estimate of drug-likeness (QED) is 0.701. The van der Waals surface area contributed by atoms with E-state index >= 15 is 0 Å². The zero-order valence-electron chi connectivity index (χ0n) is 11.7. The minimum Gasteiger partial charge on any atom is -0.317 e. The molecule has 0 aromatic rings.